The van der Waals surface area contributed by atoms with E-state index in [-0.39, 0.29) is 35.9 Å². The van der Waals surface area contributed by atoms with Crippen LogP contribution < -0.4 is 5.32 Å². The third-order valence-electron chi connectivity index (χ3n) is 1.71. The molecule has 0 rings (SSSR count). The number of nitrogens with one attached hydrogen (secondary N) is 1. The maximum Gasteiger partial charge on any atom is 0.313 e. The molecule has 0 saturated heterocycles. The van der Waals surface area contributed by atoms with Crippen molar-refractivity contribution in [2.75, 3.05) is 25.1 Å². The molecular formula is C10H18N2O4S. The van der Waals surface area contributed by atoms with Gasteiger partial charge in [0.1, 0.15) is 0 Å². The molecule has 0 unspecified atom stereocenters. The van der Waals surface area contributed by atoms with Crippen LogP contribution in [0.3, 0.4) is 0 Å². The van der Waals surface area contributed by atoms with Gasteiger partial charge in [-0.2, -0.15) is 0 Å². The quantitative estimate of drug-likeness (QED) is 0.663. The van der Waals surface area contributed by atoms with Gasteiger partial charge in [-0.15, -0.1) is 11.8 Å². The Labute approximate surface area is 105 Å². The number of carbonyl (C=O) groups is 3. The average Bonchev–Trinajstić information content (AvgIpc) is 2.15. The van der Waals surface area contributed by atoms with Crippen LogP contribution in [-0.2, 0) is 14.4 Å². The maximum atomic E-state index is 11.5. The molecule has 2 N–H and O–H groups in total. The largest absolute Gasteiger partial charge is 0.481 e. The summed E-state index contributed by atoms with van der Waals surface area (Å²) in [4.78, 5) is 34.3. The lowest BCUT2D eigenvalue weighted by atomic mass is 10.4. The van der Waals surface area contributed by atoms with Gasteiger partial charge in [-0.3, -0.25) is 14.4 Å². The van der Waals surface area contributed by atoms with E-state index in [1.165, 1.54) is 11.9 Å². The Morgan fingerprint density at radius 2 is 1.88 bits per heavy atom. The summed E-state index contributed by atoms with van der Waals surface area (Å²) in [5.41, 5.74) is 0. The van der Waals surface area contributed by atoms with Gasteiger partial charge in [-0.05, 0) is 13.8 Å². The molecule has 0 heterocycles. The first-order valence-electron chi connectivity index (χ1n) is 5.15. The van der Waals surface area contributed by atoms with Crippen molar-refractivity contribution < 1.29 is 19.5 Å². The highest BCUT2D eigenvalue weighted by molar-refractivity contribution is 8.00. The zero-order valence-corrected chi connectivity index (χ0v) is 11.0. The first kappa shape index (κ1) is 15.8. The van der Waals surface area contributed by atoms with Gasteiger partial charge in [0.25, 0.3) is 0 Å². The van der Waals surface area contributed by atoms with Gasteiger partial charge in [0, 0.05) is 13.1 Å². The van der Waals surface area contributed by atoms with E-state index in [0.717, 1.165) is 11.8 Å². The fourth-order valence-electron chi connectivity index (χ4n) is 1.01. The zero-order valence-electron chi connectivity index (χ0n) is 10.2. The van der Waals surface area contributed by atoms with E-state index in [2.05, 4.69) is 5.32 Å². The Morgan fingerprint density at radius 1 is 1.29 bits per heavy atom. The molecule has 0 aliphatic rings. The van der Waals surface area contributed by atoms with E-state index in [1.54, 1.807) is 0 Å². The number of carboxylic acids is 1. The summed E-state index contributed by atoms with van der Waals surface area (Å²) in [5.74, 6) is -1.48. The minimum Gasteiger partial charge on any atom is -0.481 e. The highest BCUT2D eigenvalue weighted by atomic mass is 32.2. The molecule has 0 aromatic rings. The fraction of sp³-hybridized carbons (Fsp3) is 0.700. The van der Waals surface area contributed by atoms with Crippen LogP contribution in [0.4, 0.5) is 0 Å². The number of aliphatic carboxylic acids is 1. The third-order valence-corrected chi connectivity index (χ3v) is 2.61. The SMILES string of the molecule is CC(C)NC(=O)CN(C)C(=O)CSCC(=O)O. The van der Waals surface area contributed by atoms with Crippen molar-refractivity contribution in [2.45, 2.75) is 19.9 Å². The highest BCUT2D eigenvalue weighted by Gasteiger charge is 2.13. The maximum absolute atomic E-state index is 11.5. The first-order chi connectivity index (χ1) is 7.82. The van der Waals surface area contributed by atoms with Crippen molar-refractivity contribution >= 4 is 29.5 Å². The Hall–Kier alpha value is -1.24. The lowest BCUT2D eigenvalue weighted by molar-refractivity contribution is -0.134. The number of nitrogens with zero attached hydrogens (tertiary/aromatic N) is 1. The highest BCUT2D eigenvalue weighted by Crippen LogP contribution is 2.01. The number of thioether (sulfide) groups is 1. The fourth-order valence-corrected chi connectivity index (χ4v) is 1.68. The van der Waals surface area contributed by atoms with Gasteiger partial charge in [0.2, 0.25) is 11.8 Å². The molecule has 0 atom stereocenters. The molecule has 0 spiro atoms. The molecule has 0 saturated carbocycles. The zero-order chi connectivity index (χ0) is 13.4. The van der Waals surface area contributed by atoms with Gasteiger partial charge < -0.3 is 15.3 Å². The molecule has 0 aliphatic carbocycles. The molecule has 2 amide bonds. The molecule has 6 nitrogen and oxygen atoms in total. The lowest BCUT2D eigenvalue weighted by Gasteiger charge is -2.17. The second-order valence-corrected chi connectivity index (χ2v) is 4.84. The van der Waals surface area contributed by atoms with Crippen LogP contribution in [0.25, 0.3) is 0 Å². The van der Waals surface area contributed by atoms with Crippen LogP contribution in [0.1, 0.15) is 13.8 Å². The van der Waals surface area contributed by atoms with Crippen molar-refractivity contribution in [1.82, 2.24) is 10.2 Å². The van der Waals surface area contributed by atoms with E-state index >= 15 is 0 Å². The van der Waals surface area contributed by atoms with E-state index in [9.17, 15) is 14.4 Å². The van der Waals surface area contributed by atoms with Crippen LogP contribution in [0.15, 0.2) is 0 Å². The Balaban J connectivity index is 3.88. The first-order valence-corrected chi connectivity index (χ1v) is 6.31. The summed E-state index contributed by atoms with van der Waals surface area (Å²) in [6.07, 6.45) is 0. The number of rotatable bonds is 7. The molecule has 0 radical (unpaired) electrons. The smallest absolute Gasteiger partial charge is 0.313 e. The Bertz CT molecular complexity index is 294. The van der Waals surface area contributed by atoms with Gasteiger partial charge >= 0.3 is 5.97 Å². The van der Waals surface area contributed by atoms with E-state index in [0.29, 0.717) is 0 Å². The van der Waals surface area contributed by atoms with Gasteiger partial charge in [0.15, 0.2) is 0 Å². The van der Waals surface area contributed by atoms with Crippen LogP contribution in [-0.4, -0.2) is 58.9 Å². The Kier molecular flexibility index (Phi) is 7.36. The van der Waals surface area contributed by atoms with Gasteiger partial charge in [-0.1, -0.05) is 0 Å². The summed E-state index contributed by atoms with van der Waals surface area (Å²) in [5, 5.41) is 11.1. The van der Waals surface area contributed by atoms with Crippen LogP contribution in [0.2, 0.25) is 0 Å². The van der Waals surface area contributed by atoms with Crippen LogP contribution in [0, 0.1) is 0 Å². The molecule has 98 valence electrons. The second-order valence-electron chi connectivity index (χ2n) is 3.86. The molecule has 0 aromatic carbocycles. The molecule has 17 heavy (non-hydrogen) atoms. The number of hydrogen-bond acceptors (Lipinski definition) is 4. The summed E-state index contributed by atoms with van der Waals surface area (Å²) in [7, 11) is 1.52. The van der Waals surface area contributed by atoms with Crippen molar-refractivity contribution in [3.8, 4) is 0 Å². The number of hydrogen-bond donors (Lipinski definition) is 2. The molecule has 0 aliphatic heterocycles. The van der Waals surface area contributed by atoms with E-state index < -0.39 is 5.97 Å². The predicted molar refractivity (Wildman–Crippen MR) is 65.9 cm³/mol. The summed E-state index contributed by atoms with van der Waals surface area (Å²) in [6.45, 7) is 3.66. The number of carbonyl (C=O) groups excluding carboxylic acids is 2. The second kappa shape index (κ2) is 7.94. The molecule has 0 aromatic heterocycles. The predicted octanol–water partition coefficient (Wildman–Crippen LogP) is -0.213. The van der Waals surface area contributed by atoms with Crippen molar-refractivity contribution in [3.63, 3.8) is 0 Å². The molecular weight excluding hydrogens is 244 g/mol. The van der Waals surface area contributed by atoms with E-state index in [1.807, 2.05) is 13.8 Å². The number of likely N-dealkylation sites (N-methyl/N-ethyl adjacent to an activating group) is 1. The van der Waals surface area contributed by atoms with Crippen molar-refractivity contribution in [2.24, 2.45) is 0 Å². The van der Waals surface area contributed by atoms with Gasteiger partial charge in [0.05, 0.1) is 18.1 Å². The van der Waals surface area contributed by atoms with Crippen molar-refractivity contribution in [3.05, 3.63) is 0 Å². The number of carboxylic acid groups (broad SMARTS) is 1. The molecule has 0 bridgehead atoms. The minimum absolute atomic E-state index is 0.00928. The molecule has 7 heteroatoms. The Morgan fingerprint density at radius 3 is 2.35 bits per heavy atom. The van der Waals surface area contributed by atoms with Crippen LogP contribution in [0.5, 0.6) is 0 Å². The summed E-state index contributed by atoms with van der Waals surface area (Å²) < 4.78 is 0. The van der Waals surface area contributed by atoms with E-state index in [4.69, 9.17) is 5.11 Å². The number of amides is 2. The van der Waals surface area contributed by atoms with Gasteiger partial charge in [-0.25, -0.2) is 0 Å². The lowest BCUT2D eigenvalue weighted by Crippen LogP contribution is -2.41. The third kappa shape index (κ3) is 8.56. The van der Waals surface area contributed by atoms with Crippen molar-refractivity contribution in [1.29, 1.82) is 0 Å². The molecule has 0 fully saturated rings. The monoisotopic (exact) mass is 262 g/mol. The standard InChI is InChI=1S/C10H18N2O4S/c1-7(2)11-8(13)4-12(3)9(14)5-17-6-10(15)16/h7H,4-6H2,1-3H3,(H,11,13)(H,15,16). The summed E-state index contributed by atoms with van der Waals surface area (Å²) in [6, 6.07) is 0.0346. The topological polar surface area (TPSA) is 86.7 Å². The summed E-state index contributed by atoms with van der Waals surface area (Å²) >= 11 is 1.02. The normalized spacial score (nSPS) is 10.1. The minimum atomic E-state index is -0.956. The average molecular weight is 262 g/mol. The van der Waals surface area contributed by atoms with Crippen LogP contribution >= 0.6 is 11.8 Å².